The molecule has 0 atom stereocenters. The summed E-state index contributed by atoms with van der Waals surface area (Å²) in [6.45, 7) is 0.732. The van der Waals surface area contributed by atoms with Crippen LogP contribution in [0.15, 0.2) is 23.3 Å². The van der Waals surface area contributed by atoms with Gasteiger partial charge in [0, 0.05) is 12.7 Å². The van der Waals surface area contributed by atoms with Gasteiger partial charge < -0.3 is 16.4 Å². The molecule has 4 N–H and O–H groups in total. The van der Waals surface area contributed by atoms with Crippen molar-refractivity contribution in [1.82, 2.24) is 15.6 Å². The zero-order valence-corrected chi connectivity index (χ0v) is 13.4. The van der Waals surface area contributed by atoms with Gasteiger partial charge in [-0.25, -0.2) is 4.99 Å². The van der Waals surface area contributed by atoms with Crippen LogP contribution in [0, 0.1) is 0 Å². The zero-order chi connectivity index (χ0) is 15.1. The molecule has 1 aliphatic carbocycles. The summed E-state index contributed by atoms with van der Waals surface area (Å²) in [5.74, 6) is 0.393. The van der Waals surface area contributed by atoms with Crippen LogP contribution in [-0.4, -0.2) is 28.6 Å². The molecular formula is C14H20ClN5S. The third-order valence-electron chi connectivity index (χ3n) is 3.35. The number of aryl methyl sites for hydroxylation is 1. The number of halogens is 1. The summed E-state index contributed by atoms with van der Waals surface area (Å²) in [5, 5.41) is 7.20. The molecule has 7 heteroatoms. The Hall–Kier alpha value is -1.40. The van der Waals surface area contributed by atoms with Crippen LogP contribution in [0.2, 0.25) is 5.02 Å². The van der Waals surface area contributed by atoms with E-state index in [1.54, 1.807) is 6.20 Å². The highest BCUT2D eigenvalue weighted by molar-refractivity contribution is 7.80. The second-order valence-electron chi connectivity index (χ2n) is 5.02. The first-order valence-electron chi connectivity index (χ1n) is 7.12. The van der Waals surface area contributed by atoms with E-state index in [2.05, 4.69) is 20.6 Å². The first-order valence-corrected chi connectivity index (χ1v) is 7.91. The number of aliphatic imine (C=N–C) groups is 1. The summed E-state index contributed by atoms with van der Waals surface area (Å²) >= 11 is 11.2. The lowest BCUT2D eigenvalue weighted by atomic mass is 9.94. The molecule has 0 unspecified atom stereocenters. The Bertz CT molecular complexity index is 516. The predicted molar refractivity (Wildman–Crippen MR) is 90.6 cm³/mol. The van der Waals surface area contributed by atoms with Crippen LogP contribution in [0.25, 0.3) is 0 Å². The number of hydrogen-bond acceptors (Lipinski definition) is 3. The lowest BCUT2D eigenvalue weighted by Gasteiger charge is -2.21. The van der Waals surface area contributed by atoms with Gasteiger partial charge in [0.25, 0.3) is 0 Å². The first kappa shape index (κ1) is 16.0. The van der Waals surface area contributed by atoms with Crippen molar-refractivity contribution in [1.29, 1.82) is 0 Å². The van der Waals surface area contributed by atoms with Gasteiger partial charge in [0.1, 0.15) is 0 Å². The van der Waals surface area contributed by atoms with Crippen molar-refractivity contribution in [3.63, 3.8) is 0 Å². The Morgan fingerprint density at radius 3 is 3.00 bits per heavy atom. The van der Waals surface area contributed by atoms with E-state index in [0.717, 1.165) is 37.9 Å². The topological polar surface area (TPSA) is 75.3 Å². The second-order valence-corrected chi connectivity index (χ2v) is 5.83. The van der Waals surface area contributed by atoms with Crippen molar-refractivity contribution in [3.05, 3.63) is 29.0 Å². The number of rotatable bonds is 5. The lowest BCUT2D eigenvalue weighted by molar-refractivity contribution is 0.419. The number of aromatic nitrogens is 1. The van der Waals surface area contributed by atoms with Crippen molar-refractivity contribution in [2.45, 2.75) is 38.1 Å². The van der Waals surface area contributed by atoms with Crippen LogP contribution in [-0.2, 0) is 6.42 Å². The van der Waals surface area contributed by atoms with E-state index in [-0.39, 0.29) is 0 Å². The largest absolute Gasteiger partial charge is 0.370 e. The lowest BCUT2D eigenvalue weighted by Crippen LogP contribution is -2.44. The number of hydrogen-bond donors (Lipinski definition) is 3. The summed E-state index contributed by atoms with van der Waals surface area (Å²) in [4.78, 5) is 8.58. The van der Waals surface area contributed by atoms with Gasteiger partial charge in [-0.1, -0.05) is 11.6 Å². The molecule has 0 saturated heterocycles. The standard InChI is InChI=1S/C14H20ClN5S/c15-11-6-2-8-17-12(11)7-3-9-18-14(21)20-13(16)19-10-4-1-5-10/h2,6,8,10H,1,3-5,7,9H2,(H4,16,18,19,20,21). The summed E-state index contributed by atoms with van der Waals surface area (Å²) in [7, 11) is 0. The second kappa shape index (κ2) is 8.14. The molecular weight excluding hydrogens is 306 g/mol. The molecule has 0 spiro atoms. The number of nitrogens with one attached hydrogen (secondary N) is 2. The summed E-state index contributed by atoms with van der Waals surface area (Å²) in [6, 6.07) is 4.04. The minimum atomic E-state index is 0.367. The third-order valence-corrected chi connectivity index (χ3v) is 3.94. The third kappa shape index (κ3) is 5.47. The molecule has 1 aromatic heterocycles. The Morgan fingerprint density at radius 2 is 2.33 bits per heavy atom. The van der Waals surface area contributed by atoms with Crippen molar-refractivity contribution in [2.24, 2.45) is 10.7 Å². The number of nitrogens with two attached hydrogens (primary N) is 1. The molecule has 21 heavy (non-hydrogen) atoms. The van der Waals surface area contributed by atoms with Gasteiger partial charge in [-0.2, -0.15) is 0 Å². The van der Waals surface area contributed by atoms with E-state index < -0.39 is 0 Å². The molecule has 2 rings (SSSR count). The monoisotopic (exact) mass is 325 g/mol. The van der Waals surface area contributed by atoms with E-state index >= 15 is 0 Å². The average Bonchev–Trinajstić information content (AvgIpc) is 2.41. The average molecular weight is 326 g/mol. The van der Waals surface area contributed by atoms with Crippen LogP contribution in [0.3, 0.4) is 0 Å². The maximum absolute atomic E-state index is 6.05. The Balaban J connectivity index is 1.63. The maximum Gasteiger partial charge on any atom is 0.195 e. The smallest absolute Gasteiger partial charge is 0.195 e. The number of nitrogens with zero attached hydrogens (tertiary/aromatic N) is 2. The SMILES string of the molecule is NC(=NC1CCC1)NC(=S)NCCCc1ncccc1Cl. The molecule has 0 amide bonds. The van der Waals surface area contributed by atoms with Gasteiger partial charge in [0.2, 0.25) is 0 Å². The van der Waals surface area contributed by atoms with E-state index in [1.165, 1.54) is 6.42 Å². The molecule has 5 nitrogen and oxygen atoms in total. The summed E-state index contributed by atoms with van der Waals surface area (Å²) < 4.78 is 0. The highest BCUT2D eigenvalue weighted by Crippen LogP contribution is 2.21. The molecule has 1 fully saturated rings. The molecule has 1 heterocycles. The van der Waals surface area contributed by atoms with E-state index in [9.17, 15) is 0 Å². The van der Waals surface area contributed by atoms with Gasteiger partial charge in [-0.15, -0.1) is 0 Å². The van der Waals surface area contributed by atoms with Gasteiger partial charge in [-0.3, -0.25) is 4.98 Å². The number of guanidine groups is 1. The Labute approximate surface area is 135 Å². The Kier molecular flexibility index (Phi) is 6.20. The molecule has 1 saturated carbocycles. The van der Waals surface area contributed by atoms with Crippen molar-refractivity contribution in [2.75, 3.05) is 6.54 Å². The molecule has 1 aromatic rings. The number of pyridine rings is 1. The fraction of sp³-hybridized carbons (Fsp3) is 0.500. The first-order chi connectivity index (χ1) is 10.1. The van der Waals surface area contributed by atoms with Crippen molar-refractivity contribution in [3.8, 4) is 0 Å². The quantitative estimate of drug-likeness (QED) is 0.334. The van der Waals surface area contributed by atoms with E-state index in [4.69, 9.17) is 29.6 Å². The maximum atomic E-state index is 6.05. The number of thiocarbonyl (C=S) groups is 1. The van der Waals surface area contributed by atoms with Crippen LogP contribution < -0.4 is 16.4 Å². The molecule has 0 aromatic carbocycles. The highest BCUT2D eigenvalue weighted by atomic mass is 35.5. The zero-order valence-electron chi connectivity index (χ0n) is 11.8. The normalized spacial score (nSPS) is 15.4. The van der Waals surface area contributed by atoms with Crippen LogP contribution in [0.1, 0.15) is 31.4 Å². The molecule has 0 radical (unpaired) electrons. The van der Waals surface area contributed by atoms with Crippen LogP contribution in [0.5, 0.6) is 0 Å². The minimum absolute atomic E-state index is 0.367. The molecule has 0 aliphatic heterocycles. The van der Waals surface area contributed by atoms with Gasteiger partial charge in [0.05, 0.1) is 16.8 Å². The molecule has 1 aliphatic rings. The minimum Gasteiger partial charge on any atom is -0.370 e. The van der Waals surface area contributed by atoms with Gasteiger partial charge >= 0.3 is 0 Å². The van der Waals surface area contributed by atoms with E-state index in [0.29, 0.717) is 22.1 Å². The fourth-order valence-corrected chi connectivity index (χ4v) is 2.39. The fourth-order valence-electron chi connectivity index (χ4n) is 1.97. The van der Waals surface area contributed by atoms with Crippen molar-refractivity contribution >= 4 is 34.9 Å². The van der Waals surface area contributed by atoms with Crippen LogP contribution in [0.4, 0.5) is 0 Å². The predicted octanol–water partition coefficient (Wildman–Crippen LogP) is 2.00. The van der Waals surface area contributed by atoms with Gasteiger partial charge in [0.15, 0.2) is 11.1 Å². The summed E-state index contributed by atoms with van der Waals surface area (Å²) in [6.07, 6.45) is 6.92. The summed E-state index contributed by atoms with van der Waals surface area (Å²) in [5.41, 5.74) is 6.69. The molecule has 114 valence electrons. The highest BCUT2D eigenvalue weighted by Gasteiger charge is 2.16. The van der Waals surface area contributed by atoms with E-state index in [1.807, 2.05) is 12.1 Å². The Morgan fingerprint density at radius 1 is 1.52 bits per heavy atom. The van der Waals surface area contributed by atoms with Crippen molar-refractivity contribution < 1.29 is 0 Å². The van der Waals surface area contributed by atoms with Crippen LogP contribution >= 0.6 is 23.8 Å². The van der Waals surface area contributed by atoms with Gasteiger partial charge in [-0.05, 0) is 56.5 Å². The molecule has 0 bridgehead atoms.